The number of nitrogens with zero attached hydrogens (tertiary/aromatic N) is 1. The molecular formula is C13H17F3N2. The van der Waals surface area contributed by atoms with Crippen molar-refractivity contribution in [1.29, 1.82) is 0 Å². The average Bonchev–Trinajstić information content (AvgIpc) is 2.76. The molecular weight excluding hydrogens is 241 g/mol. The minimum atomic E-state index is -4.25. The minimum Gasteiger partial charge on any atom is -0.330 e. The van der Waals surface area contributed by atoms with E-state index in [0.29, 0.717) is 19.0 Å². The van der Waals surface area contributed by atoms with E-state index in [4.69, 9.17) is 5.73 Å². The first-order chi connectivity index (χ1) is 8.49. The van der Waals surface area contributed by atoms with Gasteiger partial charge in [0.15, 0.2) is 0 Å². The second-order valence-electron chi connectivity index (χ2n) is 4.82. The molecule has 5 heteroatoms. The van der Waals surface area contributed by atoms with Gasteiger partial charge in [-0.05, 0) is 43.1 Å². The van der Waals surface area contributed by atoms with Crippen LogP contribution in [0.2, 0.25) is 0 Å². The van der Waals surface area contributed by atoms with Gasteiger partial charge in [-0.15, -0.1) is 0 Å². The maximum Gasteiger partial charge on any atom is 0.416 e. The van der Waals surface area contributed by atoms with Crippen molar-refractivity contribution in [2.45, 2.75) is 19.1 Å². The molecule has 1 saturated heterocycles. The van der Waals surface area contributed by atoms with Gasteiger partial charge in [0.2, 0.25) is 0 Å². The van der Waals surface area contributed by atoms with Gasteiger partial charge in [-0.1, -0.05) is 12.1 Å². The number of rotatable bonds is 3. The largest absolute Gasteiger partial charge is 0.416 e. The quantitative estimate of drug-likeness (QED) is 0.902. The standard InChI is InChI=1S/C13H17F3N2/c14-13(15,16)12-3-1-10(2-4-12)8-18-6-5-11(7-17)9-18/h1-4,11H,5-9,17H2. The van der Waals surface area contributed by atoms with E-state index < -0.39 is 11.7 Å². The van der Waals surface area contributed by atoms with E-state index in [9.17, 15) is 13.2 Å². The first kappa shape index (κ1) is 13.4. The lowest BCUT2D eigenvalue weighted by atomic mass is 10.1. The van der Waals surface area contributed by atoms with Crippen LogP contribution in [0, 0.1) is 5.92 Å². The summed E-state index contributed by atoms with van der Waals surface area (Å²) < 4.78 is 37.2. The monoisotopic (exact) mass is 258 g/mol. The second-order valence-corrected chi connectivity index (χ2v) is 4.82. The Morgan fingerprint density at radius 2 is 1.89 bits per heavy atom. The Labute approximate surface area is 105 Å². The van der Waals surface area contributed by atoms with Crippen LogP contribution in [-0.4, -0.2) is 24.5 Å². The first-order valence-electron chi connectivity index (χ1n) is 6.07. The van der Waals surface area contributed by atoms with Crippen LogP contribution in [0.4, 0.5) is 13.2 Å². The Balaban J connectivity index is 1.95. The zero-order valence-electron chi connectivity index (χ0n) is 10.1. The highest BCUT2D eigenvalue weighted by molar-refractivity contribution is 5.24. The van der Waals surface area contributed by atoms with Crippen molar-refractivity contribution in [3.63, 3.8) is 0 Å². The van der Waals surface area contributed by atoms with Gasteiger partial charge in [0.05, 0.1) is 5.56 Å². The van der Waals surface area contributed by atoms with Gasteiger partial charge in [-0.25, -0.2) is 0 Å². The Morgan fingerprint density at radius 1 is 1.22 bits per heavy atom. The SMILES string of the molecule is NCC1CCN(Cc2ccc(C(F)(F)F)cc2)C1. The highest BCUT2D eigenvalue weighted by Crippen LogP contribution is 2.29. The minimum absolute atomic E-state index is 0.527. The van der Waals surface area contributed by atoms with Gasteiger partial charge in [0, 0.05) is 13.1 Å². The lowest BCUT2D eigenvalue weighted by molar-refractivity contribution is -0.137. The van der Waals surface area contributed by atoms with Gasteiger partial charge in [-0.3, -0.25) is 4.90 Å². The molecule has 1 fully saturated rings. The van der Waals surface area contributed by atoms with Crippen LogP contribution in [-0.2, 0) is 12.7 Å². The molecule has 1 heterocycles. The number of hydrogen-bond acceptors (Lipinski definition) is 2. The fraction of sp³-hybridized carbons (Fsp3) is 0.538. The maximum absolute atomic E-state index is 12.4. The molecule has 1 unspecified atom stereocenters. The predicted octanol–water partition coefficient (Wildman–Crippen LogP) is 2.49. The smallest absolute Gasteiger partial charge is 0.330 e. The first-order valence-corrected chi connectivity index (χ1v) is 6.07. The average molecular weight is 258 g/mol. The van der Waals surface area contributed by atoms with Crippen LogP contribution < -0.4 is 5.73 Å². The lowest BCUT2D eigenvalue weighted by Crippen LogP contribution is -2.22. The summed E-state index contributed by atoms with van der Waals surface area (Å²) in [6.07, 6.45) is -3.17. The van der Waals surface area contributed by atoms with Crippen LogP contribution in [0.1, 0.15) is 17.5 Å². The van der Waals surface area contributed by atoms with Crippen molar-refractivity contribution in [2.75, 3.05) is 19.6 Å². The van der Waals surface area contributed by atoms with Crippen LogP contribution in [0.25, 0.3) is 0 Å². The van der Waals surface area contributed by atoms with Crippen molar-refractivity contribution < 1.29 is 13.2 Å². The Hall–Kier alpha value is -1.07. The number of alkyl halides is 3. The molecule has 0 saturated carbocycles. The summed E-state index contributed by atoms with van der Waals surface area (Å²) in [5.41, 5.74) is 5.93. The van der Waals surface area contributed by atoms with Crippen LogP contribution in [0.15, 0.2) is 24.3 Å². The fourth-order valence-electron chi connectivity index (χ4n) is 2.31. The number of nitrogens with two attached hydrogens (primary N) is 1. The Kier molecular flexibility index (Phi) is 3.92. The van der Waals surface area contributed by atoms with Gasteiger partial charge in [0.1, 0.15) is 0 Å². The topological polar surface area (TPSA) is 29.3 Å². The van der Waals surface area contributed by atoms with E-state index >= 15 is 0 Å². The molecule has 1 atom stereocenters. The molecule has 0 spiro atoms. The molecule has 18 heavy (non-hydrogen) atoms. The second kappa shape index (κ2) is 5.28. The van der Waals surface area contributed by atoms with Crippen molar-refractivity contribution in [3.8, 4) is 0 Å². The van der Waals surface area contributed by atoms with Crippen LogP contribution in [0.3, 0.4) is 0 Å². The molecule has 0 amide bonds. The highest BCUT2D eigenvalue weighted by Gasteiger charge is 2.30. The molecule has 2 nitrogen and oxygen atoms in total. The molecule has 0 radical (unpaired) electrons. The van der Waals surface area contributed by atoms with Gasteiger partial charge < -0.3 is 5.73 Å². The third-order valence-electron chi connectivity index (χ3n) is 3.39. The van der Waals surface area contributed by atoms with E-state index in [0.717, 1.165) is 37.2 Å². The summed E-state index contributed by atoms with van der Waals surface area (Å²) >= 11 is 0. The number of likely N-dealkylation sites (tertiary alicyclic amines) is 1. The molecule has 100 valence electrons. The molecule has 2 N–H and O–H groups in total. The summed E-state index contributed by atoms with van der Waals surface area (Å²) in [6, 6.07) is 5.40. The van der Waals surface area contributed by atoms with Gasteiger partial charge >= 0.3 is 6.18 Å². The number of benzene rings is 1. The summed E-state index contributed by atoms with van der Waals surface area (Å²) in [7, 11) is 0. The van der Waals surface area contributed by atoms with E-state index in [2.05, 4.69) is 4.90 Å². The zero-order valence-corrected chi connectivity index (χ0v) is 10.1. The van der Waals surface area contributed by atoms with Gasteiger partial charge in [0.25, 0.3) is 0 Å². The third kappa shape index (κ3) is 3.23. The normalized spacial score (nSPS) is 21.4. The summed E-state index contributed by atoms with van der Waals surface area (Å²) in [5.74, 6) is 0.527. The van der Waals surface area contributed by atoms with Crippen molar-refractivity contribution in [3.05, 3.63) is 35.4 Å². The Morgan fingerprint density at radius 3 is 2.39 bits per heavy atom. The van der Waals surface area contributed by atoms with Crippen LogP contribution in [0.5, 0.6) is 0 Å². The molecule has 0 bridgehead atoms. The molecule has 1 aromatic carbocycles. The van der Waals surface area contributed by atoms with E-state index in [-0.39, 0.29) is 0 Å². The van der Waals surface area contributed by atoms with Crippen molar-refractivity contribution in [2.24, 2.45) is 11.7 Å². The van der Waals surface area contributed by atoms with E-state index in [1.165, 1.54) is 0 Å². The van der Waals surface area contributed by atoms with Gasteiger partial charge in [-0.2, -0.15) is 13.2 Å². The molecule has 1 aliphatic rings. The third-order valence-corrected chi connectivity index (χ3v) is 3.39. The van der Waals surface area contributed by atoms with Crippen molar-refractivity contribution >= 4 is 0 Å². The number of halogens is 3. The molecule has 0 aliphatic carbocycles. The molecule has 2 rings (SSSR count). The molecule has 1 aliphatic heterocycles. The van der Waals surface area contributed by atoms with E-state index in [1.807, 2.05) is 0 Å². The summed E-state index contributed by atoms with van der Waals surface area (Å²) in [4.78, 5) is 2.24. The summed E-state index contributed by atoms with van der Waals surface area (Å²) in [5, 5.41) is 0. The maximum atomic E-state index is 12.4. The van der Waals surface area contributed by atoms with Crippen LogP contribution >= 0.6 is 0 Å². The predicted molar refractivity (Wildman–Crippen MR) is 63.9 cm³/mol. The Bertz CT molecular complexity index is 386. The van der Waals surface area contributed by atoms with E-state index in [1.54, 1.807) is 12.1 Å². The zero-order chi connectivity index (χ0) is 13.2. The number of hydrogen-bond donors (Lipinski definition) is 1. The highest BCUT2D eigenvalue weighted by atomic mass is 19.4. The molecule has 0 aromatic heterocycles. The molecule has 1 aromatic rings. The lowest BCUT2D eigenvalue weighted by Gasteiger charge is -2.16. The summed E-state index contributed by atoms with van der Waals surface area (Å²) in [6.45, 7) is 3.30. The fourth-order valence-corrected chi connectivity index (χ4v) is 2.31. The van der Waals surface area contributed by atoms with Crippen molar-refractivity contribution in [1.82, 2.24) is 4.90 Å².